The number of carboxylic acid groups (broad SMARTS) is 1. The lowest BCUT2D eigenvalue weighted by molar-refractivity contribution is -0.255. The van der Waals surface area contributed by atoms with Gasteiger partial charge in [0.1, 0.15) is 11.0 Å². The van der Waals surface area contributed by atoms with E-state index in [0.717, 1.165) is 37.7 Å². The van der Waals surface area contributed by atoms with Gasteiger partial charge < -0.3 is 20.4 Å². The Morgan fingerprint density at radius 3 is 2.26 bits per heavy atom. The highest BCUT2D eigenvalue weighted by Gasteiger charge is 2.75. The molecule has 5 rings (SSSR count). The van der Waals surface area contributed by atoms with Crippen LogP contribution in [0.25, 0.3) is 0 Å². The predicted molar refractivity (Wildman–Crippen MR) is 135 cm³/mol. The van der Waals surface area contributed by atoms with E-state index in [1.807, 2.05) is 0 Å². The summed E-state index contributed by atoms with van der Waals surface area (Å²) in [5, 5.41) is 45.9. The Labute approximate surface area is 211 Å². The smallest absolute Gasteiger partial charge is 0.312 e. The summed E-state index contributed by atoms with van der Waals surface area (Å²) in [6.07, 6.45) is 6.90. The molecule has 0 amide bonds. The number of rotatable bonds is 1. The van der Waals surface area contributed by atoms with Gasteiger partial charge in [-0.25, -0.2) is 0 Å². The van der Waals surface area contributed by atoms with E-state index in [-0.39, 0.29) is 39.4 Å². The molecule has 0 heterocycles. The topological polar surface area (TPSA) is 98.0 Å². The van der Waals surface area contributed by atoms with Gasteiger partial charge in [0.2, 0.25) is 0 Å². The molecule has 4 N–H and O–H groups in total. The summed E-state index contributed by atoms with van der Waals surface area (Å²) in [4.78, 5) is 12.9. The van der Waals surface area contributed by atoms with Gasteiger partial charge in [-0.3, -0.25) is 4.79 Å². The number of hydrogen-bond donors (Lipinski definition) is 4. The van der Waals surface area contributed by atoms with Gasteiger partial charge in [-0.15, -0.1) is 0 Å². The summed E-state index contributed by atoms with van der Waals surface area (Å²) in [7, 11) is 0. The van der Waals surface area contributed by atoms with Crippen LogP contribution in [-0.4, -0.2) is 44.2 Å². The molecule has 5 aliphatic rings. The van der Waals surface area contributed by atoms with Crippen molar-refractivity contribution in [3.63, 3.8) is 0 Å². The van der Waals surface area contributed by atoms with Crippen molar-refractivity contribution in [1.82, 2.24) is 0 Å². The van der Waals surface area contributed by atoms with Crippen molar-refractivity contribution < 1.29 is 25.2 Å². The van der Waals surface area contributed by atoms with Crippen molar-refractivity contribution in [3.05, 3.63) is 11.6 Å². The Balaban J connectivity index is 1.68. The van der Waals surface area contributed by atoms with E-state index >= 15 is 0 Å². The third kappa shape index (κ3) is 2.74. The fraction of sp³-hybridized carbons (Fsp3) is 0.900. The maximum atomic E-state index is 12.9. The average Bonchev–Trinajstić information content (AvgIpc) is 2.75. The molecule has 5 heteroatoms. The van der Waals surface area contributed by atoms with Gasteiger partial charge >= 0.3 is 5.97 Å². The molecule has 0 spiro atoms. The van der Waals surface area contributed by atoms with E-state index in [2.05, 4.69) is 54.5 Å². The predicted octanol–water partition coefficient (Wildman–Crippen LogP) is 5.18. The van der Waals surface area contributed by atoms with Crippen LogP contribution in [0.4, 0.5) is 0 Å². The first-order valence-corrected chi connectivity index (χ1v) is 14.1. The van der Waals surface area contributed by atoms with Gasteiger partial charge in [0.25, 0.3) is 0 Å². The van der Waals surface area contributed by atoms with Crippen molar-refractivity contribution in [2.45, 2.75) is 118 Å². The quantitative estimate of drug-likeness (QED) is 0.382. The molecule has 35 heavy (non-hydrogen) atoms. The first-order chi connectivity index (χ1) is 16.0. The molecule has 0 aromatic heterocycles. The van der Waals surface area contributed by atoms with Crippen LogP contribution >= 0.6 is 0 Å². The molecular weight excluding hydrogens is 440 g/mol. The van der Waals surface area contributed by atoms with E-state index in [0.29, 0.717) is 25.2 Å². The van der Waals surface area contributed by atoms with Crippen molar-refractivity contribution in [2.24, 2.45) is 50.7 Å². The molecule has 4 saturated carbocycles. The van der Waals surface area contributed by atoms with Gasteiger partial charge in [0.05, 0.1) is 12.2 Å². The minimum absolute atomic E-state index is 0.00814. The lowest BCUT2D eigenvalue weighted by Gasteiger charge is -2.73. The molecule has 0 saturated heterocycles. The number of carboxylic acids is 1. The molecule has 198 valence electrons. The van der Waals surface area contributed by atoms with Gasteiger partial charge in [-0.1, -0.05) is 54.5 Å². The van der Waals surface area contributed by atoms with Crippen LogP contribution in [0.2, 0.25) is 0 Å². The summed E-state index contributed by atoms with van der Waals surface area (Å²) < 4.78 is 0. The van der Waals surface area contributed by atoms with Gasteiger partial charge in [0, 0.05) is 0 Å². The normalized spacial score (nSPS) is 57.1. The van der Waals surface area contributed by atoms with Crippen LogP contribution in [-0.2, 0) is 4.79 Å². The van der Waals surface area contributed by atoms with E-state index in [1.165, 1.54) is 0 Å². The Kier molecular flexibility index (Phi) is 5.40. The summed E-state index contributed by atoms with van der Waals surface area (Å²) in [5.74, 6) is -0.428. The lowest BCUT2D eigenvalue weighted by Crippen LogP contribution is -2.72. The summed E-state index contributed by atoms with van der Waals surface area (Å²) in [5.41, 5.74) is -2.71. The van der Waals surface area contributed by atoms with E-state index < -0.39 is 29.2 Å². The highest BCUT2D eigenvalue weighted by molar-refractivity contribution is 5.78. The third-order valence-electron chi connectivity index (χ3n) is 13.5. The van der Waals surface area contributed by atoms with Crippen molar-refractivity contribution in [2.75, 3.05) is 0 Å². The van der Waals surface area contributed by atoms with Crippen LogP contribution < -0.4 is 0 Å². The number of carbonyl (C=O) groups is 1. The second-order valence-electron chi connectivity index (χ2n) is 14.7. The molecule has 4 fully saturated rings. The van der Waals surface area contributed by atoms with Crippen LogP contribution in [0.3, 0.4) is 0 Å². The van der Waals surface area contributed by atoms with E-state index in [9.17, 15) is 25.2 Å². The van der Waals surface area contributed by atoms with Gasteiger partial charge in [0.15, 0.2) is 0 Å². The maximum Gasteiger partial charge on any atom is 0.312 e. The Bertz CT molecular complexity index is 956. The van der Waals surface area contributed by atoms with Crippen LogP contribution in [0.5, 0.6) is 0 Å². The van der Waals surface area contributed by atoms with Crippen molar-refractivity contribution >= 4 is 5.97 Å². The number of allylic oxidation sites excluding steroid dienone is 1. The monoisotopic (exact) mass is 488 g/mol. The molecular formula is C30H48O5. The Hall–Kier alpha value is -0.910. The molecule has 0 aliphatic heterocycles. The second-order valence-corrected chi connectivity index (χ2v) is 14.7. The zero-order valence-electron chi connectivity index (χ0n) is 22.9. The largest absolute Gasteiger partial charge is 0.481 e. The standard InChI is InChI=1S/C30H48O5/c1-17-10-13-29(24(33)34)15-14-27(6)21(30(29,35)18(17)2)9-8-20-26(5)12-11-22(32)25(3,4)23(26)19(31)16-28(20,27)7/h9,17-20,22-23,31-32,35H,8,10-16H2,1-7H3,(H,33,34)/t17-,18+,19-,20-,22+,23+,26-,27-,28-,29-,30-/m1/s1. The molecule has 0 radical (unpaired) electrons. The van der Waals surface area contributed by atoms with Crippen LogP contribution in [0.15, 0.2) is 11.6 Å². The number of aliphatic hydroxyl groups excluding tert-OH is 2. The molecule has 0 aromatic carbocycles. The highest BCUT2D eigenvalue weighted by Crippen LogP contribution is 2.76. The lowest BCUT2D eigenvalue weighted by atomic mass is 9.32. The fourth-order valence-corrected chi connectivity index (χ4v) is 11.1. The van der Waals surface area contributed by atoms with Gasteiger partial charge in [-0.2, -0.15) is 0 Å². The van der Waals surface area contributed by atoms with Gasteiger partial charge in [-0.05, 0) is 102 Å². The molecule has 5 aliphatic carbocycles. The number of hydrogen-bond acceptors (Lipinski definition) is 4. The highest BCUT2D eigenvalue weighted by atomic mass is 16.4. The molecule has 0 bridgehead atoms. The zero-order chi connectivity index (χ0) is 26.0. The first kappa shape index (κ1) is 25.7. The Morgan fingerprint density at radius 1 is 0.971 bits per heavy atom. The van der Waals surface area contributed by atoms with Crippen molar-refractivity contribution in [3.8, 4) is 0 Å². The molecule has 11 atom stereocenters. The fourth-order valence-electron chi connectivity index (χ4n) is 11.1. The number of fused-ring (bicyclic) bond motifs is 7. The van der Waals surface area contributed by atoms with Crippen LogP contribution in [0, 0.1) is 50.7 Å². The maximum absolute atomic E-state index is 12.9. The summed E-state index contributed by atoms with van der Waals surface area (Å²) in [6, 6.07) is 0. The minimum atomic E-state index is -1.37. The number of aliphatic hydroxyl groups is 3. The summed E-state index contributed by atoms with van der Waals surface area (Å²) in [6.45, 7) is 15.4. The third-order valence-corrected chi connectivity index (χ3v) is 13.5. The number of aliphatic carboxylic acids is 1. The van der Waals surface area contributed by atoms with Crippen molar-refractivity contribution in [1.29, 1.82) is 0 Å². The molecule has 0 unspecified atom stereocenters. The zero-order valence-corrected chi connectivity index (χ0v) is 22.9. The SMILES string of the molecule is C[C@@H]1CC[C@]2(C(=O)O)CC[C@]3(C)C(=CC[C@@H]4[C@@]5(C)CC[C@H](O)C(C)(C)[C@@H]5[C@H](O)C[C@]43C)[C@]2(O)[C@H]1C. The molecule has 0 aromatic rings. The second kappa shape index (κ2) is 7.35. The Morgan fingerprint density at radius 2 is 1.63 bits per heavy atom. The van der Waals surface area contributed by atoms with E-state index in [1.54, 1.807) is 0 Å². The van der Waals surface area contributed by atoms with Crippen LogP contribution in [0.1, 0.15) is 99.8 Å². The minimum Gasteiger partial charge on any atom is -0.481 e. The molecule has 5 nitrogen and oxygen atoms in total. The first-order valence-electron chi connectivity index (χ1n) is 14.1. The van der Waals surface area contributed by atoms with E-state index in [4.69, 9.17) is 0 Å². The average molecular weight is 489 g/mol. The summed E-state index contributed by atoms with van der Waals surface area (Å²) >= 11 is 0.